The van der Waals surface area contributed by atoms with Crippen LogP contribution in [-0.4, -0.2) is 24.0 Å². The minimum absolute atomic E-state index is 0.0112. The zero-order chi connectivity index (χ0) is 13.1. The van der Waals surface area contributed by atoms with E-state index in [1.54, 1.807) is 6.92 Å². The highest BCUT2D eigenvalue weighted by Crippen LogP contribution is 2.43. The number of rotatable bonds is 4. The number of ketones is 1. The first kappa shape index (κ1) is 14.0. The van der Waals surface area contributed by atoms with Crippen LogP contribution in [0.4, 0.5) is 4.79 Å². The molecule has 0 spiro atoms. The van der Waals surface area contributed by atoms with Crippen LogP contribution in [0.5, 0.6) is 0 Å². The highest BCUT2D eigenvalue weighted by Gasteiger charge is 2.38. The summed E-state index contributed by atoms with van der Waals surface area (Å²) in [6.07, 6.45) is 3.34. The number of hydrogen-bond acceptors (Lipinski definition) is 3. The number of hydrogen-bond donors (Lipinski definition) is 1. The van der Waals surface area contributed by atoms with Crippen molar-refractivity contribution >= 4 is 11.9 Å². The third-order valence-electron chi connectivity index (χ3n) is 3.04. The van der Waals surface area contributed by atoms with E-state index in [9.17, 15) is 9.59 Å². The average molecular weight is 241 g/mol. The summed E-state index contributed by atoms with van der Waals surface area (Å²) < 4.78 is 5.17. The zero-order valence-corrected chi connectivity index (χ0v) is 11.3. The molecule has 17 heavy (non-hydrogen) atoms. The van der Waals surface area contributed by atoms with Gasteiger partial charge in [-0.3, -0.25) is 0 Å². The van der Waals surface area contributed by atoms with E-state index >= 15 is 0 Å². The Morgan fingerprint density at radius 2 is 1.88 bits per heavy atom. The maximum Gasteiger partial charge on any atom is 0.407 e. The molecule has 0 heterocycles. The summed E-state index contributed by atoms with van der Waals surface area (Å²) in [5.74, 6) is 0.190. The van der Waals surface area contributed by atoms with Gasteiger partial charge in [0.2, 0.25) is 0 Å². The molecule has 0 saturated heterocycles. The van der Waals surface area contributed by atoms with Gasteiger partial charge in [-0.15, -0.1) is 0 Å². The number of nitrogens with one attached hydrogen (secondary N) is 1. The molecule has 1 rings (SSSR count). The molecule has 0 aromatic rings. The Hall–Kier alpha value is -1.06. The lowest BCUT2D eigenvalue weighted by atomic mass is 9.66. The molecule has 0 aromatic carbocycles. The van der Waals surface area contributed by atoms with Crippen molar-refractivity contribution in [2.45, 2.75) is 59.0 Å². The SMILES string of the molecule is CC(=O)CC1(CNC(=O)OC(C)(C)C)CCC1. The largest absolute Gasteiger partial charge is 0.444 e. The van der Waals surface area contributed by atoms with E-state index in [1.807, 2.05) is 20.8 Å². The van der Waals surface area contributed by atoms with Crippen molar-refractivity contribution in [2.75, 3.05) is 6.54 Å². The summed E-state index contributed by atoms with van der Waals surface area (Å²) in [4.78, 5) is 22.7. The Kier molecular flexibility index (Phi) is 4.17. The predicted octanol–water partition coefficient (Wildman–Crippen LogP) is 2.66. The van der Waals surface area contributed by atoms with Crippen LogP contribution in [0.1, 0.15) is 53.4 Å². The molecule has 0 unspecified atom stereocenters. The summed E-state index contributed by atoms with van der Waals surface area (Å²) in [5.41, 5.74) is -0.486. The van der Waals surface area contributed by atoms with Crippen molar-refractivity contribution in [3.8, 4) is 0 Å². The van der Waals surface area contributed by atoms with Crippen LogP contribution in [0.2, 0.25) is 0 Å². The minimum atomic E-state index is -0.475. The molecule has 0 bridgehead atoms. The van der Waals surface area contributed by atoms with Gasteiger partial charge in [0.05, 0.1) is 0 Å². The lowest BCUT2D eigenvalue weighted by Crippen LogP contribution is -2.44. The molecule has 4 heteroatoms. The van der Waals surface area contributed by atoms with Gasteiger partial charge in [-0.05, 0) is 46.0 Å². The molecule has 4 nitrogen and oxygen atoms in total. The number of amides is 1. The second-order valence-electron chi connectivity index (χ2n) is 6.09. The first-order valence-electron chi connectivity index (χ1n) is 6.19. The van der Waals surface area contributed by atoms with Gasteiger partial charge in [-0.1, -0.05) is 6.42 Å². The first-order valence-corrected chi connectivity index (χ1v) is 6.19. The summed E-state index contributed by atoms with van der Waals surface area (Å²) in [6.45, 7) is 7.65. The lowest BCUT2D eigenvalue weighted by Gasteiger charge is -2.41. The van der Waals surface area contributed by atoms with Crippen LogP contribution in [0.15, 0.2) is 0 Å². The maximum atomic E-state index is 11.5. The van der Waals surface area contributed by atoms with Gasteiger partial charge in [-0.2, -0.15) is 0 Å². The molecule has 0 radical (unpaired) electrons. The van der Waals surface area contributed by atoms with E-state index in [4.69, 9.17) is 4.74 Å². The summed E-state index contributed by atoms with van der Waals surface area (Å²) in [6, 6.07) is 0. The fourth-order valence-corrected chi connectivity index (χ4v) is 2.19. The summed E-state index contributed by atoms with van der Waals surface area (Å²) in [7, 11) is 0. The number of alkyl carbamates (subject to hydrolysis) is 1. The molecule has 0 atom stereocenters. The Bertz CT molecular complexity index is 300. The number of ether oxygens (including phenoxy) is 1. The van der Waals surface area contributed by atoms with E-state index in [2.05, 4.69) is 5.32 Å². The van der Waals surface area contributed by atoms with Gasteiger partial charge in [0.25, 0.3) is 0 Å². The van der Waals surface area contributed by atoms with Crippen molar-refractivity contribution in [3.63, 3.8) is 0 Å². The Morgan fingerprint density at radius 1 is 1.29 bits per heavy atom. The summed E-state index contributed by atoms with van der Waals surface area (Å²) >= 11 is 0. The van der Waals surface area contributed by atoms with E-state index in [0.717, 1.165) is 19.3 Å². The van der Waals surface area contributed by atoms with E-state index in [-0.39, 0.29) is 11.2 Å². The molecule has 98 valence electrons. The van der Waals surface area contributed by atoms with Crippen LogP contribution in [0.3, 0.4) is 0 Å². The van der Waals surface area contributed by atoms with E-state index < -0.39 is 11.7 Å². The highest BCUT2D eigenvalue weighted by molar-refractivity contribution is 5.76. The third-order valence-corrected chi connectivity index (χ3v) is 3.04. The highest BCUT2D eigenvalue weighted by atomic mass is 16.6. The second-order valence-corrected chi connectivity index (χ2v) is 6.09. The molecule has 1 fully saturated rings. The van der Waals surface area contributed by atoms with Crippen LogP contribution >= 0.6 is 0 Å². The van der Waals surface area contributed by atoms with Crippen molar-refractivity contribution in [2.24, 2.45) is 5.41 Å². The van der Waals surface area contributed by atoms with Gasteiger partial charge in [0, 0.05) is 13.0 Å². The molecule has 1 aliphatic carbocycles. The number of carbonyl (C=O) groups is 2. The van der Waals surface area contributed by atoms with Crippen LogP contribution in [-0.2, 0) is 9.53 Å². The standard InChI is InChI=1S/C13H23NO3/c1-10(15)8-13(6-5-7-13)9-14-11(16)17-12(2,3)4/h5-9H2,1-4H3,(H,14,16). The van der Waals surface area contributed by atoms with Crippen LogP contribution < -0.4 is 5.32 Å². The van der Waals surface area contributed by atoms with E-state index in [0.29, 0.717) is 13.0 Å². The average Bonchev–Trinajstić information content (AvgIpc) is 2.05. The Balaban J connectivity index is 2.38. The fourth-order valence-electron chi connectivity index (χ4n) is 2.19. The van der Waals surface area contributed by atoms with Crippen LogP contribution in [0, 0.1) is 5.41 Å². The molecule has 1 N–H and O–H groups in total. The van der Waals surface area contributed by atoms with Crippen LogP contribution in [0.25, 0.3) is 0 Å². The fraction of sp³-hybridized carbons (Fsp3) is 0.846. The predicted molar refractivity (Wildman–Crippen MR) is 65.8 cm³/mol. The quantitative estimate of drug-likeness (QED) is 0.823. The van der Waals surface area contributed by atoms with Crippen molar-refractivity contribution in [1.29, 1.82) is 0 Å². The monoisotopic (exact) mass is 241 g/mol. The molecule has 1 amide bonds. The van der Waals surface area contributed by atoms with E-state index in [1.165, 1.54) is 0 Å². The maximum absolute atomic E-state index is 11.5. The molecular formula is C13H23NO3. The third kappa shape index (κ3) is 4.75. The molecule has 1 aliphatic rings. The topological polar surface area (TPSA) is 55.4 Å². The Labute approximate surface area is 103 Å². The van der Waals surface area contributed by atoms with Gasteiger partial charge in [0.15, 0.2) is 0 Å². The number of carbonyl (C=O) groups excluding carboxylic acids is 2. The summed E-state index contributed by atoms with van der Waals surface area (Å²) in [5, 5.41) is 2.77. The normalized spacial score (nSPS) is 18.1. The lowest BCUT2D eigenvalue weighted by molar-refractivity contribution is -0.120. The van der Waals surface area contributed by atoms with Crippen molar-refractivity contribution in [1.82, 2.24) is 5.32 Å². The molecule has 0 aromatic heterocycles. The van der Waals surface area contributed by atoms with Gasteiger partial charge in [-0.25, -0.2) is 4.79 Å². The van der Waals surface area contributed by atoms with Gasteiger partial charge in [0.1, 0.15) is 11.4 Å². The van der Waals surface area contributed by atoms with Gasteiger partial charge >= 0.3 is 6.09 Å². The van der Waals surface area contributed by atoms with Crippen molar-refractivity contribution < 1.29 is 14.3 Å². The second kappa shape index (κ2) is 5.07. The molecule has 0 aliphatic heterocycles. The molecular weight excluding hydrogens is 218 g/mol. The minimum Gasteiger partial charge on any atom is -0.444 e. The smallest absolute Gasteiger partial charge is 0.407 e. The van der Waals surface area contributed by atoms with Gasteiger partial charge < -0.3 is 14.8 Å². The first-order chi connectivity index (χ1) is 7.72. The zero-order valence-electron chi connectivity index (χ0n) is 11.3. The Morgan fingerprint density at radius 3 is 2.24 bits per heavy atom. The van der Waals surface area contributed by atoms with Crippen molar-refractivity contribution in [3.05, 3.63) is 0 Å². The number of Topliss-reactive ketones (excluding diaryl/α,β-unsaturated/α-hetero) is 1. The molecule has 1 saturated carbocycles.